The van der Waals surface area contributed by atoms with Gasteiger partial charge >= 0.3 is 5.97 Å². The van der Waals surface area contributed by atoms with Crippen LogP contribution in [0.4, 0.5) is 0 Å². The highest BCUT2D eigenvalue weighted by Crippen LogP contribution is 2.16. The molecule has 0 saturated heterocycles. The highest BCUT2D eigenvalue weighted by molar-refractivity contribution is 7.98. The molecule has 0 saturated carbocycles. The summed E-state index contributed by atoms with van der Waals surface area (Å²) in [6, 6.07) is 7.48. The van der Waals surface area contributed by atoms with Gasteiger partial charge in [-0.3, -0.25) is 4.79 Å². The molecule has 1 rings (SSSR count). The van der Waals surface area contributed by atoms with E-state index in [-0.39, 0.29) is 0 Å². The molecule has 0 amide bonds. The molecule has 0 spiro atoms. The minimum Gasteiger partial charge on any atom is -0.480 e. The summed E-state index contributed by atoms with van der Waals surface area (Å²) < 4.78 is 0. The van der Waals surface area contributed by atoms with Crippen molar-refractivity contribution in [3.63, 3.8) is 0 Å². The first-order valence-corrected chi connectivity index (χ1v) is 6.37. The Labute approximate surface area is 100 Å². The van der Waals surface area contributed by atoms with E-state index in [0.29, 0.717) is 6.42 Å². The second-order valence-electron chi connectivity index (χ2n) is 3.71. The topological polar surface area (TPSA) is 63.3 Å². The lowest BCUT2D eigenvalue weighted by atomic mass is 10.1. The summed E-state index contributed by atoms with van der Waals surface area (Å²) in [5.41, 5.74) is 7.99. The molecule has 1 atom stereocenters. The number of carboxylic acid groups (broad SMARTS) is 1. The lowest BCUT2D eigenvalue weighted by Gasteiger charge is -2.07. The Morgan fingerprint density at radius 2 is 2.19 bits per heavy atom. The van der Waals surface area contributed by atoms with Crippen molar-refractivity contribution in [1.29, 1.82) is 0 Å². The predicted molar refractivity (Wildman–Crippen MR) is 67.6 cm³/mol. The summed E-state index contributed by atoms with van der Waals surface area (Å²) in [7, 11) is 0. The van der Waals surface area contributed by atoms with Crippen LogP contribution in [0.2, 0.25) is 0 Å². The van der Waals surface area contributed by atoms with Crippen molar-refractivity contribution in [2.24, 2.45) is 5.73 Å². The van der Waals surface area contributed by atoms with Crippen LogP contribution in [-0.4, -0.2) is 22.9 Å². The van der Waals surface area contributed by atoms with E-state index in [4.69, 9.17) is 10.8 Å². The molecular formula is C12H17NO2S. The van der Waals surface area contributed by atoms with E-state index < -0.39 is 12.0 Å². The lowest BCUT2D eigenvalue weighted by Crippen LogP contribution is -2.30. The van der Waals surface area contributed by atoms with Crippen LogP contribution in [0, 0.1) is 6.92 Å². The molecule has 16 heavy (non-hydrogen) atoms. The van der Waals surface area contributed by atoms with E-state index >= 15 is 0 Å². The molecule has 3 N–H and O–H groups in total. The average Bonchev–Trinajstić information content (AvgIpc) is 2.26. The minimum atomic E-state index is -0.920. The normalized spacial score (nSPS) is 12.4. The van der Waals surface area contributed by atoms with Crippen LogP contribution in [0.3, 0.4) is 0 Å². The first-order chi connectivity index (χ1) is 7.61. The Morgan fingerprint density at radius 1 is 1.50 bits per heavy atom. The van der Waals surface area contributed by atoms with Gasteiger partial charge in [0, 0.05) is 5.75 Å². The number of hydrogen-bond acceptors (Lipinski definition) is 3. The summed E-state index contributed by atoms with van der Waals surface area (Å²) in [6.07, 6.45) is 0.520. The van der Waals surface area contributed by atoms with Crippen molar-refractivity contribution in [1.82, 2.24) is 0 Å². The van der Waals surface area contributed by atoms with E-state index in [1.54, 1.807) is 11.8 Å². The third-order valence-corrected chi connectivity index (χ3v) is 3.45. The molecule has 0 heterocycles. The van der Waals surface area contributed by atoms with E-state index in [9.17, 15) is 4.79 Å². The van der Waals surface area contributed by atoms with Crippen LogP contribution in [0.25, 0.3) is 0 Å². The van der Waals surface area contributed by atoms with Gasteiger partial charge in [-0.15, -0.1) is 0 Å². The number of aryl methyl sites for hydroxylation is 1. The number of aliphatic carboxylic acids is 1. The standard InChI is InChI=1S/C12H17NO2S/c1-9-4-2-3-5-10(9)8-16-7-6-11(13)12(14)15/h2-5,11H,6-8,13H2,1H3,(H,14,15). The van der Waals surface area contributed by atoms with Gasteiger partial charge in [-0.1, -0.05) is 24.3 Å². The van der Waals surface area contributed by atoms with Gasteiger partial charge in [-0.25, -0.2) is 0 Å². The fourth-order valence-electron chi connectivity index (χ4n) is 1.29. The molecule has 0 fully saturated rings. The second-order valence-corrected chi connectivity index (χ2v) is 4.82. The van der Waals surface area contributed by atoms with Gasteiger partial charge in [-0.05, 0) is 30.2 Å². The molecule has 0 aliphatic rings. The van der Waals surface area contributed by atoms with Crippen molar-refractivity contribution < 1.29 is 9.90 Å². The van der Waals surface area contributed by atoms with E-state index in [1.165, 1.54) is 11.1 Å². The van der Waals surface area contributed by atoms with Gasteiger partial charge < -0.3 is 10.8 Å². The largest absolute Gasteiger partial charge is 0.480 e. The van der Waals surface area contributed by atoms with Crippen LogP contribution < -0.4 is 5.73 Å². The molecule has 1 unspecified atom stereocenters. The summed E-state index contributed by atoms with van der Waals surface area (Å²) in [6.45, 7) is 2.08. The van der Waals surface area contributed by atoms with Crippen molar-refractivity contribution in [2.75, 3.05) is 5.75 Å². The zero-order valence-electron chi connectivity index (χ0n) is 9.35. The summed E-state index contributed by atoms with van der Waals surface area (Å²) in [5.74, 6) is 0.775. The summed E-state index contributed by atoms with van der Waals surface area (Å²) in [5, 5.41) is 8.61. The van der Waals surface area contributed by atoms with Crippen LogP contribution in [-0.2, 0) is 10.5 Å². The summed E-state index contributed by atoms with van der Waals surface area (Å²) in [4.78, 5) is 10.5. The zero-order valence-corrected chi connectivity index (χ0v) is 10.2. The third-order valence-electron chi connectivity index (χ3n) is 2.41. The van der Waals surface area contributed by atoms with Gasteiger partial charge in [0.1, 0.15) is 6.04 Å². The number of thioether (sulfide) groups is 1. The first kappa shape index (κ1) is 13.1. The molecule has 0 bridgehead atoms. The number of rotatable bonds is 6. The molecule has 1 aromatic carbocycles. The van der Waals surface area contributed by atoms with Gasteiger partial charge in [0.25, 0.3) is 0 Å². The molecule has 1 aromatic rings. The fourth-order valence-corrected chi connectivity index (χ4v) is 2.40. The summed E-state index contributed by atoms with van der Waals surface area (Å²) >= 11 is 1.72. The smallest absolute Gasteiger partial charge is 0.320 e. The maximum Gasteiger partial charge on any atom is 0.320 e. The van der Waals surface area contributed by atoms with Crippen LogP contribution >= 0.6 is 11.8 Å². The number of hydrogen-bond donors (Lipinski definition) is 2. The zero-order chi connectivity index (χ0) is 12.0. The van der Waals surface area contributed by atoms with Crippen molar-refractivity contribution in [3.8, 4) is 0 Å². The second kappa shape index (κ2) is 6.55. The van der Waals surface area contributed by atoms with E-state index in [1.807, 2.05) is 12.1 Å². The molecule has 0 aliphatic heterocycles. The number of benzene rings is 1. The SMILES string of the molecule is Cc1ccccc1CSCCC(N)C(=O)O. The number of carbonyl (C=O) groups is 1. The molecule has 4 heteroatoms. The van der Waals surface area contributed by atoms with Gasteiger partial charge in [0.2, 0.25) is 0 Å². The van der Waals surface area contributed by atoms with E-state index in [0.717, 1.165) is 11.5 Å². The van der Waals surface area contributed by atoms with Crippen LogP contribution in [0.1, 0.15) is 17.5 Å². The van der Waals surface area contributed by atoms with E-state index in [2.05, 4.69) is 19.1 Å². The monoisotopic (exact) mass is 239 g/mol. The number of nitrogens with two attached hydrogens (primary N) is 1. The van der Waals surface area contributed by atoms with Crippen LogP contribution in [0.5, 0.6) is 0 Å². The quantitative estimate of drug-likeness (QED) is 0.746. The predicted octanol–water partition coefficient (Wildman–Crippen LogP) is 2.03. The molecule has 88 valence electrons. The van der Waals surface area contributed by atoms with Crippen molar-refractivity contribution in [3.05, 3.63) is 35.4 Å². The lowest BCUT2D eigenvalue weighted by molar-refractivity contribution is -0.138. The maximum atomic E-state index is 10.5. The average molecular weight is 239 g/mol. The first-order valence-electron chi connectivity index (χ1n) is 5.22. The molecule has 3 nitrogen and oxygen atoms in total. The van der Waals surface area contributed by atoms with Gasteiger partial charge in [0.15, 0.2) is 0 Å². The highest BCUT2D eigenvalue weighted by atomic mass is 32.2. The molecule has 0 aliphatic carbocycles. The molecule has 0 aromatic heterocycles. The minimum absolute atomic E-state index is 0.520. The van der Waals surface area contributed by atoms with Crippen molar-refractivity contribution in [2.45, 2.75) is 25.1 Å². The Kier molecular flexibility index (Phi) is 5.35. The Morgan fingerprint density at radius 3 is 2.81 bits per heavy atom. The third kappa shape index (κ3) is 4.24. The Hall–Kier alpha value is -1.00. The van der Waals surface area contributed by atoms with Crippen LogP contribution in [0.15, 0.2) is 24.3 Å². The molecular weight excluding hydrogens is 222 g/mol. The molecule has 0 radical (unpaired) electrons. The van der Waals surface area contributed by atoms with Gasteiger partial charge in [-0.2, -0.15) is 11.8 Å². The van der Waals surface area contributed by atoms with Gasteiger partial charge in [0.05, 0.1) is 0 Å². The Balaban J connectivity index is 2.26. The maximum absolute atomic E-state index is 10.5. The number of carboxylic acids is 1. The highest BCUT2D eigenvalue weighted by Gasteiger charge is 2.10. The van der Waals surface area contributed by atoms with Crippen molar-refractivity contribution >= 4 is 17.7 Å². The fraction of sp³-hybridized carbons (Fsp3) is 0.417. The Bertz CT molecular complexity index is 355.